The Bertz CT molecular complexity index is 777. The third-order valence-electron chi connectivity index (χ3n) is 4.59. The Kier molecular flexibility index (Phi) is 5.79. The number of nitrogens with zero attached hydrogens (tertiary/aromatic N) is 1. The van der Waals surface area contributed by atoms with Crippen molar-refractivity contribution in [2.24, 2.45) is 5.92 Å². The maximum Gasteiger partial charge on any atom is 0.330 e. The predicted octanol–water partition coefficient (Wildman–Crippen LogP) is 1.15. The molecule has 7 nitrogen and oxygen atoms in total. The number of carbonyl (C=O) groups is 4. The summed E-state index contributed by atoms with van der Waals surface area (Å²) in [5.41, 5.74) is 0.134. The van der Waals surface area contributed by atoms with E-state index in [4.69, 9.17) is 4.74 Å². The Morgan fingerprint density at radius 3 is 2.57 bits per heavy atom. The number of benzene rings is 1. The van der Waals surface area contributed by atoms with E-state index >= 15 is 0 Å². The van der Waals surface area contributed by atoms with Gasteiger partial charge in [-0.1, -0.05) is 30.3 Å². The number of β-lactam (4-membered cyclic amide) rings is 1. The van der Waals surface area contributed by atoms with Crippen molar-refractivity contribution >= 4 is 35.8 Å². The van der Waals surface area contributed by atoms with E-state index in [-0.39, 0.29) is 23.6 Å². The van der Waals surface area contributed by atoms with Crippen molar-refractivity contribution in [3.8, 4) is 0 Å². The molecule has 0 saturated carbocycles. The summed E-state index contributed by atoms with van der Waals surface area (Å²) in [6.45, 7) is 5.21. The number of nitrogens with one attached hydrogen (secondary N) is 1. The zero-order valence-electron chi connectivity index (χ0n) is 16.1. The fraction of sp³-hybridized carbons (Fsp3) is 0.500. The smallest absolute Gasteiger partial charge is 0.330 e. The summed E-state index contributed by atoms with van der Waals surface area (Å²) in [5.74, 6) is -1.43. The number of carbonyl (C=O) groups excluding carboxylic acids is 4. The molecule has 0 aliphatic carbocycles. The lowest BCUT2D eigenvalue weighted by Crippen LogP contribution is -2.76. The predicted molar refractivity (Wildman–Crippen MR) is 104 cm³/mol. The lowest BCUT2D eigenvalue weighted by atomic mass is 9.94. The molecule has 2 aliphatic rings. The van der Waals surface area contributed by atoms with E-state index in [1.807, 2.05) is 30.3 Å². The van der Waals surface area contributed by atoms with Crippen LogP contribution in [0.3, 0.4) is 0 Å². The molecule has 8 heteroatoms. The van der Waals surface area contributed by atoms with Gasteiger partial charge in [0.1, 0.15) is 29.3 Å². The minimum atomic E-state index is -0.947. The van der Waals surface area contributed by atoms with Crippen LogP contribution in [0.2, 0.25) is 0 Å². The molecular formula is C20H24N2O5S. The van der Waals surface area contributed by atoms with E-state index in [1.54, 1.807) is 20.8 Å². The molecule has 150 valence electrons. The van der Waals surface area contributed by atoms with Gasteiger partial charge in [0, 0.05) is 5.75 Å². The fourth-order valence-electron chi connectivity index (χ4n) is 3.37. The lowest BCUT2D eigenvalue weighted by Gasteiger charge is -2.53. The van der Waals surface area contributed by atoms with Crippen LogP contribution < -0.4 is 5.32 Å². The van der Waals surface area contributed by atoms with Gasteiger partial charge in [0.25, 0.3) is 0 Å². The zero-order valence-corrected chi connectivity index (χ0v) is 16.9. The van der Waals surface area contributed by atoms with Gasteiger partial charge >= 0.3 is 5.97 Å². The molecule has 0 radical (unpaired) electrons. The van der Waals surface area contributed by atoms with Gasteiger partial charge in [0.05, 0.1) is 12.3 Å². The summed E-state index contributed by atoms with van der Waals surface area (Å²) in [6.07, 6.45) is 0.876. The van der Waals surface area contributed by atoms with E-state index in [9.17, 15) is 19.2 Å². The molecule has 2 fully saturated rings. The van der Waals surface area contributed by atoms with Crippen LogP contribution in [0, 0.1) is 5.92 Å². The summed E-state index contributed by atoms with van der Waals surface area (Å²) in [7, 11) is 0. The van der Waals surface area contributed by atoms with Gasteiger partial charge in [-0.2, -0.15) is 0 Å². The van der Waals surface area contributed by atoms with Crippen molar-refractivity contribution in [3.63, 3.8) is 0 Å². The van der Waals surface area contributed by atoms with Crippen LogP contribution >= 0.6 is 11.8 Å². The number of fused-ring (bicyclic) bond motifs is 1. The van der Waals surface area contributed by atoms with E-state index in [2.05, 4.69) is 5.32 Å². The molecule has 2 aliphatic heterocycles. The number of hydrogen-bond donors (Lipinski definition) is 1. The molecule has 2 heterocycles. The van der Waals surface area contributed by atoms with Gasteiger partial charge in [0.15, 0.2) is 0 Å². The number of ether oxygens (including phenoxy) is 1. The quantitative estimate of drug-likeness (QED) is 0.450. The number of aldehydes is 1. The molecule has 0 spiro atoms. The Morgan fingerprint density at radius 1 is 1.29 bits per heavy atom. The number of thioether (sulfide) groups is 1. The third-order valence-corrected chi connectivity index (χ3v) is 6.01. The second-order valence-electron chi connectivity index (χ2n) is 7.96. The minimum absolute atomic E-state index is 0.175. The molecular weight excluding hydrogens is 380 g/mol. The van der Waals surface area contributed by atoms with Crippen molar-refractivity contribution in [2.75, 3.05) is 5.75 Å². The number of hydrogen-bond acceptors (Lipinski definition) is 6. The highest BCUT2D eigenvalue weighted by Gasteiger charge is 2.58. The first-order valence-corrected chi connectivity index (χ1v) is 10.2. The molecule has 1 aromatic carbocycles. The van der Waals surface area contributed by atoms with Crippen LogP contribution in [-0.2, 0) is 30.3 Å². The molecule has 4 atom stereocenters. The van der Waals surface area contributed by atoms with Crippen LogP contribution in [0.1, 0.15) is 26.3 Å². The van der Waals surface area contributed by atoms with Crippen molar-refractivity contribution in [1.29, 1.82) is 0 Å². The van der Waals surface area contributed by atoms with Gasteiger partial charge in [-0.25, -0.2) is 4.79 Å². The standard InChI is InChI=1S/C20H24N2O5S/c1-20(2,3)27-19(26)16-13(10-23)11-28-18-15(17(25)22(16)18)21-14(24)9-12-7-5-4-6-8-12/h4-8,10,13,15-16,18H,9,11H2,1-3H3,(H,21,24)/t13?,15?,16?,18-/m0/s1. The van der Waals surface area contributed by atoms with Crippen molar-refractivity contribution in [3.05, 3.63) is 35.9 Å². The molecule has 28 heavy (non-hydrogen) atoms. The molecule has 3 rings (SSSR count). The second-order valence-corrected chi connectivity index (χ2v) is 9.10. The zero-order chi connectivity index (χ0) is 20.5. The molecule has 1 aromatic rings. The molecule has 1 N–H and O–H groups in total. The maximum atomic E-state index is 12.7. The van der Waals surface area contributed by atoms with Crippen LogP contribution in [0.15, 0.2) is 30.3 Å². The first kappa shape index (κ1) is 20.4. The Labute approximate surface area is 168 Å². The SMILES string of the molecule is CC(C)(C)OC(=O)C1C(C=O)CS[C@H]2C(NC(=O)Cc3ccccc3)C(=O)N12. The van der Waals surface area contributed by atoms with E-state index in [1.165, 1.54) is 16.7 Å². The Morgan fingerprint density at radius 2 is 1.96 bits per heavy atom. The Balaban J connectivity index is 1.68. The topological polar surface area (TPSA) is 92.8 Å². The van der Waals surface area contributed by atoms with Gasteiger partial charge in [-0.15, -0.1) is 11.8 Å². The first-order valence-electron chi connectivity index (χ1n) is 9.16. The maximum absolute atomic E-state index is 12.7. The monoisotopic (exact) mass is 404 g/mol. The highest BCUT2D eigenvalue weighted by molar-refractivity contribution is 8.00. The largest absolute Gasteiger partial charge is 0.458 e. The van der Waals surface area contributed by atoms with Crippen molar-refractivity contribution in [1.82, 2.24) is 10.2 Å². The summed E-state index contributed by atoms with van der Waals surface area (Å²) in [5, 5.41) is 2.39. The molecule has 2 saturated heterocycles. The van der Waals surface area contributed by atoms with Crippen molar-refractivity contribution < 1.29 is 23.9 Å². The van der Waals surface area contributed by atoms with E-state index in [0.717, 1.165) is 5.56 Å². The summed E-state index contributed by atoms with van der Waals surface area (Å²) in [4.78, 5) is 50.5. The number of rotatable bonds is 5. The summed E-state index contributed by atoms with van der Waals surface area (Å²) in [6, 6.07) is 7.61. The number of amides is 2. The minimum Gasteiger partial charge on any atom is -0.458 e. The van der Waals surface area contributed by atoms with Crippen molar-refractivity contribution in [2.45, 2.75) is 50.3 Å². The summed E-state index contributed by atoms with van der Waals surface area (Å²) < 4.78 is 5.42. The van der Waals surface area contributed by atoms with Crippen LogP contribution in [0.5, 0.6) is 0 Å². The third kappa shape index (κ3) is 4.22. The first-order chi connectivity index (χ1) is 13.2. The average Bonchev–Trinajstić information content (AvgIpc) is 2.64. The van der Waals surface area contributed by atoms with Crippen LogP contribution in [0.25, 0.3) is 0 Å². The van der Waals surface area contributed by atoms with E-state index < -0.39 is 29.6 Å². The molecule has 2 amide bonds. The van der Waals surface area contributed by atoms with Crippen LogP contribution in [-0.4, -0.2) is 57.8 Å². The second kappa shape index (κ2) is 7.95. The van der Waals surface area contributed by atoms with Gasteiger partial charge in [-0.05, 0) is 26.3 Å². The highest BCUT2D eigenvalue weighted by atomic mass is 32.2. The molecule has 0 aromatic heterocycles. The number of esters is 1. The van der Waals surface area contributed by atoms with Gasteiger partial charge in [-0.3, -0.25) is 9.59 Å². The highest BCUT2D eigenvalue weighted by Crippen LogP contribution is 2.40. The summed E-state index contributed by atoms with van der Waals surface area (Å²) >= 11 is 1.40. The lowest BCUT2D eigenvalue weighted by molar-refractivity contribution is -0.175. The molecule has 0 bridgehead atoms. The Hall–Kier alpha value is -2.35. The van der Waals surface area contributed by atoms with E-state index in [0.29, 0.717) is 12.0 Å². The molecule has 3 unspecified atom stereocenters. The fourth-order valence-corrected chi connectivity index (χ4v) is 4.82. The van der Waals surface area contributed by atoms with Gasteiger partial charge < -0.3 is 19.7 Å². The average molecular weight is 404 g/mol. The van der Waals surface area contributed by atoms with Crippen LogP contribution in [0.4, 0.5) is 0 Å². The normalized spacial score (nSPS) is 26.7. The van der Waals surface area contributed by atoms with Gasteiger partial charge in [0.2, 0.25) is 11.8 Å².